The van der Waals surface area contributed by atoms with Crippen molar-refractivity contribution in [3.8, 4) is 23.7 Å². The molecule has 0 atom stereocenters. The Bertz CT molecular complexity index is 4200. The molecule has 8 aromatic rings. The van der Waals surface area contributed by atoms with Crippen LogP contribution in [0.25, 0.3) is 53.9 Å². The largest absolute Gasteiger partial charge is 0.339 e. The fourth-order valence-electron chi connectivity index (χ4n) is 17.6. The predicted octanol–water partition coefficient (Wildman–Crippen LogP) is 32.1. The maximum absolute atomic E-state index is 15.6. The molecule has 0 bridgehead atoms. The Kier molecular flexibility index (Phi) is 47.7. The van der Waals surface area contributed by atoms with Crippen molar-refractivity contribution < 1.29 is 19.2 Å². The van der Waals surface area contributed by atoms with Gasteiger partial charge in [-0.2, -0.15) is 0 Å². The molecule has 8 rings (SSSR count). The highest BCUT2D eigenvalue weighted by molar-refractivity contribution is 14.1. The average molecular weight is 1850 g/mol. The fourth-order valence-corrected chi connectivity index (χ4v) is 19.0. The maximum Gasteiger partial charge on any atom is 0.255 e. The van der Waals surface area contributed by atoms with Crippen molar-refractivity contribution in [2.24, 2.45) is 0 Å². The molecule has 0 aliphatic carbocycles. The van der Waals surface area contributed by atoms with E-state index < -0.39 is 0 Å². The van der Waals surface area contributed by atoms with Crippen molar-refractivity contribution in [3.63, 3.8) is 0 Å². The van der Waals surface area contributed by atoms with E-state index in [-0.39, 0.29) is 23.6 Å². The molecule has 0 aliphatic heterocycles. The first kappa shape index (κ1) is 98.9. The van der Waals surface area contributed by atoms with Crippen LogP contribution in [-0.4, -0.2) is 95.6 Å². The van der Waals surface area contributed by atoms with Gasteiger partial charge in [0.2, 0.25) is 0 Å². The number of carbonyl (C=O) groups excluding carboxylic acids is 4. The summed E-state index contributed by atoms with van der Waals surface area (Å²) in [4.78, 5) is 70.5. The molecular weight excluding hydrogens is 1700 g/mol. The average Bonchev–Trinajstić information content (AvgIpc) is 0.725. The molecule has 0 N–H and O–H groups in total. The number of nitrogens with zero attached hydrogens (tertiary/aromatic N) is 4. The molecule has 8 nitrogen and oxygen atoms in total. The minimum Gasteiger partial charge on any atom is -0.339 e. The van der Waals surface area contributed by atoms with Crippen molar-refractivity contribution in [2.75, 3.05) is 52.4 Å². The third kappa shape index (κ3) is 32.2. The van der Waals surface area contributed by atoms with Crippen LogP contribution in [0.3, 0.4) is 0 Å². The molecule has 0 spiro atoms. The summed E-state index contributed by atoms with van der Waals surface area (Å²) in [5.41, 5.74) is 5.29. The molecule has 0 heterocycles. The van der Waals surface area contributed by atoms with E-state index in [0.717, 1.165) is 201 Å². The minimum absolute atomic E-state index is 0.00755. The highest BCUT2D eigenvalue weighted by Crippen LogP contribution is 2.41. The van der Waals surface area contributed by atoms with Crippen LogP contribution in [0.2, 0.25) is 0 Å². The quantitative estimate of drug-likeness (QED) is 0.0165. The van der Waals surface area contributed by atoms with Gasteiger partial charge >= 0.3 is 0 Å². The van der Waals surface area contributed by atoms with Crippen molar-refractivity contribution >= 4 is 123 Å². The number of amides is 4. The maximum atomic E-state index is 15.6. The Morgan fingerprint density at radius 2 is 0.425 bits per heavy atom. The summed E-state index contributed by atoms with van der Waals surface area (Å²) >= 11 is 4.69. The lowest BCUT2D eigenvalue weighted by atomic mass is 9.90. The second kappa shape index (κ2) is 57.9. The fraction of sp³-hybridized carbons (Fsp3) is 0.582. The molecular formula is C110H154I2N4O4. The molecule has 0 aromatic heterocycles. The van der Waals surface area contributed by atoms with Crippen LogP contribution in [0.5, 0.6) is 0 Å². The number of rotatable bonds is 60. The number of unbranched alkanes of at least 4 members (excludes halogenated alkanes) is 40. The molecule has 120 heavy (non-hydrogen) atoms. The van der Waals surface area contributed by atoms with E-state index in [4.69, 9.17) is 0 Å². The van der Waals surface area contributed by atoms with E-state index in [9.17, 15) is 0 Å². The molecule has 8 aromatic carbocycles. The minimum atomic E-state index is 0.00755. The zero-order chi connectivity index (χ0) is 85.3. The van der Waals surface area contributed by atoms with Gasteiger partial charge in [0, 0.05) is 81.8 Å². The molecule has 4 amide bonds. The Hall–Kier alpha value is -6.48. The summed E-state index contributed by atoms with van der Waals surface area (Å²) in [5.74, 6) is 14.7. The number of benzene rings is 8. The third-order valence-corrected chi connectivity index (χ3v) is 26.8. The third-order valence-electron chi connectivity index (χ3n) is 25.0. The molecule has 0 unspecified atom stereocenters. The zero-order valence-electron chi connectivity index (χ0n) is 76.2. The van der Waals surface area contributed by atoms with Crippen LogP contribution < -0.4 is 0 Å². The van der Waals surface area contributed by atoms with Crippen LogP contribution in [0, 0.1) is 30.8 Å². The number of carbonyl (C=O) groups is 4. The van der Waals surface area contributed by atoms with Gasteiger partial charge in [-0.15, -0.1) is 0 Å². The molecule has 0 saturated carbocycles. The van der Waals surface area contributed by atoms with Gasteiger partial charge in [0.05, 0.1) is 22.3 Å². The van der Waals surface area contributed by atoms with E-state index in [1.165, 1.54) is 205 Å². The first-order valence-corrected chi connectivity index (χ1v) is 51.1. The first-order valence-electron chi connectivity index (χ1n) is 49.0. The first-order chi connectivity index (χ1) is 58.8. The molecule has 10 heteroatoms. The highest BCUT2D eigenvalue weighted by Gasteiger charge is 2.28. The standard InChI is InChI=1S/C110H154I2N4O4/c1-9-17-25-33-41-49-73-113(74-50-42-34-26-18-10-2)107(117)98-85-102(111)100(109(119)115(77-53-45-37-29-21-13-5)78-54-46-38-30-22-14-6)83-94(98)63-59-87-57-61-89-65-67-91-69-71-93-72-70-92-68-66-90-62-58-88(82-97(90)105(92)106(93)104(91)96(89)81-87)60-64-95-84-101(110(120)116(79-55-47-39-31-23-15-7)80-56-48-40-32-24-16-8)103(112)86-99(95)108(118)114(75-51-43-35-27-19-11-3)76-52-44-36-28-20-12-4/h57-58,61-62,65-72,81-86H,9-56,73-80H2,1-8H3. The lowest BCUT2D eigenvalue weighted by Crippen LogP contribution is -2.35. The van der Waals surface area contributed by atoms with E-state index in [0.29, 0.717) is 59.6 Å². The summed E-state index contributed by atoms with van der Waals surface area (Å²) < 4.78 is 1.61. The van der Waals surface area contributed by atoms with Gasteiger partial charge in [0.1, 0.15) is 0 Å². The van der Waals surface area contributed by atoms with E-state index in [1.807, 2.05) is 24.3 Å². The number of halogens is 2. The Balaban J connectivity index is 1.26. The van der Waals surface area contributed by atoms with E-state index in [1.54, 1.807) is 0 Å². The number of hydrogen-bond donors (Lipinski definition) is 0. The van der Waals surface area contributed by atoms with Crippen LogP contribution in [-0.2, 0) is 0 Å². The van der Waals surface area contributed by atoms with Gasteiger partial charge in [0.15, 0.2) is 0 Å². The molecule has 0 radical (unpaired) electrons. The van der Waals surface area contributed by atoms with Gasteiger partial charge < -0.3 is 19.6 Å². The predicted molar refractivity (Wildman–Crippen MR) is 535 cm³/mol. The van der Waals surface area contributed by atoms with Crippen LogP contribution in [0.4, 0.5) is 0 Å². The summed E-state index contributed by atoms with van der Waals surface area (Å²) in [6.07, 6.45) is 55.4. The second-order valence-corrected chi connectivity index (χ2v) is 37.3. The van der Waals surface area contributed by atoms with Crippen molar-refractivity contribution in [3.05, 3.63) is 161 Å². The van der Waals surface area contributed by atoms with Crippen molar-refractivity contribution in [1.82, 2.24) is 19.6 Å². The SMILES string of the molecule is CCCCCCCCN(CCCCCCCC)C(=O)c1cc(C#Cc2ccc3ccc4ccc5ccc6ccc7ccc(C#Cc8cc(C(=O)N(CCCCCCCC)CCCCCCCC)c(I)cc8C(=O)N(CCCCCCCC)CCCCCCCC)cc7c6c5c4c3c2)c(C(=O)N(CCCCCCCC)CCCCCCCC)cc1I. The monoisotopic (exact) mass is 1850 g/mol. The number of fused-ring (bicyclic) bond motifs is 9. The smallest absolute Gasteiger partial charge is 0.255 e. The van der Waals surface area contributed by atoms with Crippen molar-refractivity contribution in [1.29, 1.82) is 0 Å². The Morgan fingerprint density at radius 1 is 0.225 bits per heavy atom. The lowest BCUT2D eigenvalue weighted by Gasteiger charge is -2.26. The lowest BCUT2D eigenvalue weighted by molar-refractivity contribution is 0.0736. The van der Waals surface area contributed by atoms with E-state index >= 15 is 19.2 Å². The van der Waals surface area contributed by atoms with Crippen LogP contribution >= 0.6 is 45.2 Å². The Labute approximate surface area is 755 Å². The highest BCUT2D eigenvalue weighted by atomic mass is 127. The van der Waals surface area contributed by atoms with Crippen molar-refractivity contribution in [2.45, 2.75) is 364 Å². The second-order valence-electron chi connectivity index (χ2n) is 35.0. The normalized spacial score (nSPS) is 11.4. The van der Waals surface area contributed by atoms with Gasteiger partial charge in [-0.05, 0) is 199 Å². The van der Waals surface area contributed by atoms with Gasteiger partial charge in [-0.1, -0.05) is 397 Å². The van der Waals surface area contributed by atoms with E-state index in [2.05, 4.69) is 229 Å². The van der Waals surface area contributed by atoms with Crippen LogP contribution in [0.15, 0.2) is 109 Å². The summed E-state index contributed by atoms with van der Waals surface area (Å²) in [6, 6.07) is 39.1. The summed E-state index contributed by atoms with van der Waals surface area (Å²) in [6.45, 7) is 23.8. The molecule has 652 valence electrons. The molecule has 0 aliphatic rings. The van der Waals surface area contributed by atoms with Gasteiger partial charge in [-0.25, -0.2) is 0 Å². The number of hydrogen-bond acceptors (Lipinski definition) is 4. The van der Waals surface area contributed by atoms with Gasteiger partial charge in [-0.3, -0.25) is 19.2 Å². The molecule has 0 saturated heterocycles. The molecule has 0 fully saturated rings. The summed E-state index contributed by atoms with van der Waals surface area (Å²) in [5, 5.41) is 11.2. The van der Waals surface area contributed by atoms with Crippen LogP contribution in [0.1, 0.15) is 427 Å². The Morgan fingerprint density at radius 3 is 0.667 bits per heavy atom. The topological polar surface area (TPSA) is 81.2 Å². The summed E-state index contributed by atoms with van der Waals surface area (Å²) in [7, 11) is 0. The van der Waals surface area contributed by atoms with Gasteiger partial charge in [0.25, 0.3) is 23.6 Å². The zero-order valence-corrected chi connectivity index (χ0v) is 80.5.